The van der Waals surface area contributed by atoms with Crippen LogP contribution in [0.2, 0.25) is 0 Å². The van der Waals surface area contributed by atoms with Gasteiger partial charge >= 0.3 is 7.12 Å². The third-order valence-corrected chi connectivity index (χ3v) is 1.67. The Bertz CT molecular complexity index is 395. The van der Waals surface area contributed by atoms with E-state index in [1.54, 1.807) is 0 Å². The Morgan fingerprint density at radius 2 is 2.07 bits per heavy atom. The SMILES string of the molecule is O=CNc1cc(B(O)O)cc([N+](=O)[O-])c1. The van der Waals surface area contributed by atoms with E-state index in [4.69, 9.17) is 10.0 Å². The van der Waals surface area contributed by atoms with Gasteiger partial charge in [0.2, 0.25) is 6.41 Å². The molecule has 0 saturated heterocycles. The van der Waals surface area contributed by atoms with E-state index in [1.165, 1.54) is 6.07 Å². The number of hydrogen-bond acceptors (Lipinski definition) is 5. The first-order valence-corrected chi connectivity index (χ1v) is 3.90. The summed E-state index contributed by atoms with van der Waals surface area (Å²) in [6.45, 7) is 0. The molecule has 0 aliphatic heterocycles. The highest BCUT2D eigenvalue weighted by Crippen LogP contribution is 2.15. The van der Waals surface area contributed by atoms with Crippen LogP contribution >= 0.6 is 0 Å². The summed E-state index contributed by atoms with van der Waals surface area (Å²) < 4.78 is 0. The molecule has 0 saturated carbocycles. The second kappa shape index (κ2) is 4.53. The summed E-state index contributed by atoms with van der Waals surface area (Å²) in [7, 11) is -1.82. The molecule has 1 amide bonds. The van der Waals surface area contributed by atoms with Gasteiger partial charge in [0.05, 0.1) is 4.92 Å². The molecular weight excluding hydrogens is 203 g/mol. The van der Waals surface area contributed by atoms with Gasteiger partial charge in [-0.25, -0.2) is 0 Å². The number of anilines is 1. The normalized spacial score (nSPS) is 9.47. The van der Waals surface area contributed by atoms with E-state index >= 15 is 0 Å². The average molecular weight is 210 g/mol. The minimum absolute atomic E-state index is 0.0615. The molecule has 0 atom stereocenters. The lowest BCUT2D eigenvalue weighted by Crippen LogP contribution is -2.30. The zero-order valence-corrected chi connectivity index (χ0v) is 7.45. The molecule has 1 rings (SSSR count). The number of carbonyl (C=O) groups excluding carboxylic acids is 1. The van der Waals surface area contributed by atoms with Gasteiger partial charge in [0.1, 0.15) is 0 Å². The standard InChI is InChI=1S/C7H7BN2O5/c11-4-9-6-1-5(8(12)13)2-7(3-6)10(14)15/h1-4,12-13H,(H,9,11). The van der Waals surface area contributed by atoms with Crippen LogP contribution in [0.5, 0.6) is 0 Å². The van der Waals surface area contributed by atoms with Gasteiger partial charge in [-0.15, -0.1) is 0 Å². The van der Waals surface area contributed by atoms with Gasteiger partial charge in [-0.1, -0.05) is 0 Å². The molecule has 0 unspecified atom stereocenters. The molecule has 0 fully saturated rings. The number of nitrogens with zero attached hydrogens (tertiary/aromatic N) is 1. The Morgan fingerprint density at radius 1 is 1.40 bits per heavy atom. The van der Waals surface area contributed by atoms with Gasteiger partial charge in [0.15, 0.2) is 0 Å². The van der Waals surface area contributed by atoms with Crippen molar-refractivity contribution in [3.8, 4) is 0 Å². The minimum atomic E-state index is -1.82. The lowest BCUT2D eigenvalue weighted by Gasteiger charge is -2.03. The number of nitrogens with one attached hydrogen (secondary N) is 1. The zero-order chi connectivity index (χ0) is 11.4. The van der Waals surface area contributed by atoms with Crippen LogP contribution in [0.25, 0.3) is 0 Å². The van der Waals surface area contributed by atoms with Crippen molar-refractivity contribution >= 4 is 30.4 Å². The zero-order valence-electron chi connectivity index (χ0n) is 7.45. The molecule has 0 spiro atoms. The van der Waals surface area contributed by atoms with Crippen molar-refractivity contribution in [1.82, 2.24) is 0 Å². The number of rotatable bonds is 4. The van der Waals surface area contributed by atoms with E-state index in [0.29, 0.717) is 6.41 Å². The maximum absolute atomic E-state index is 10.5. The van der Waals surface area contributed by atoms with Crippen molar-refractivity contribution in [2.24, 2.45) is 0 Å². The van der Waals surface area contributed by atoms with Crippen LogP contribution in [0, 0.1) is 10.1 Å². The maximum atomic E-state index is 10.5. The number of benzene rings is 1. The summed E-state index contributed by atoms with van der Waals surface area (Å²) in [5.41, 5.74) is -0.263. The predicted octanol–water partition coefficient (Wildman–Crippen LogP) is -1.16. The molecule has 0 bridgehead atoms. The van der Waals surface area contributed by atoms with Crippen molar-refractivity contribution in [3.05, 3.63) is 28.3 Å². The third kappa shape index (κ3) is 2.76. The Labute approximate surface area is 84.6 Å². The van der Waals surface area contributed by atoms with Crippen molar-refractivity contribution in [2.45, 2.75) is 0 Å². The van der Waals surface area contributed by atoms with E-state index in [-0.39, 0.29) is 16.8 Å². The summed E-state index contributed by atoms with van der Waals surface area (Å²) >= 11 is 0. The first kappa shape index (κ1) is 11.2. The smallest absolute Gasteiger partial charge is 0.423 e. The fourth-order valence-corrected chi connectivity index (χ4v) is 1.04. The highest BCUT2D eigenvalue weighted by molar-refractivity contribution is 6.58. The Hall–Kier alpha value is -1.93. The molecule has 0 aromatic heterocycles. The van der Waals surface area contributed by atoms with Gasteiger partial charge < -0.3 is 15.4 Å². The maximum Gasteiger partial charge on any atom is 0.488 e. The van der Waals surface area contributed by atoms with Gasteiger partial charge in [-0.05, 0) is 11.5 Å². The molecule has 1 aromatic carbocycles. The first-order valence-electron chi connectivity index (χ1n) is 3.90. The van der Waals surface area contributed by atoms with E-state index in [9.17, 15) is 14.9 Å². The van der Waals surface area contributed by atoms with Crippen molar-refractivity contribution in [3.63, 3.8) is 0 Å². The molecule has 0 radical (unpaired) electrons. The average Bonchev–Trinajstić information content (AvgIpc) is 2.17. The van der Waals surface area contributed by atoms with E-state index in [2.05, 4.69) is 5.32 Å². The van der Waals surface area contributed by atoms with E-state index in [1.807, 2.05) is 0 Å². The van der Waals surface area contributed by atoms with Gasteiger partial charge in [-0.2, -0.15) is 0 Å². The van der Waals surface area contributed by atoms with Crippen molar-refractivity contribution in [2.75, 3.05) is 5.32 Å². The lowest BCUT2D eigenvalue weighted by molar-refractivity contribution is -0.384. The topological polar surface area (TPSA) is 113 Å². The van der Waals surface area contributed by atoms with Crippen molar-refractivity contribution < 1.29 is 19.8 Å². The fraction of sp³-hybridized carbons (Fsp3) is 0. The van der Waals surface area contributed by atoms with Crippen LogP contribution in [0.15, 0.2) is 18.2 Å². The second-order valence-corrected chi connectivity index (χ2v) is 2.71. The Kier molecular flexibility index (Phi) is 3.37. The van der Waals surface area contributed by atoms with Gasteiger partial charge in [-0.3, -0.25) is 14.9 Å². The minimum Gasteiger partial charge on any atom is -0.423 e. The number of carbonyl (C=O) groups is 1. The molecule has 0 aliphatic carbocycles. The molecule has 7 nitrogen and oxygen atoms in total. The summed E-state index contributed by atoms with van der Waals surface area (Å²) in [4.78, 5) is 19.9. The van der Waals surface area contributed by atoms with Gasteiger partial charge in [0, 0.05) is 17.8 Å². The van der Waals surface area contributed by atoms with E-state index < -0.39 is 12.0 Å². The molecule has 0 aliphatic rings. The Balaban J connectivity index is 3.19. The van der Waals surface area contributed by atoms with Crippen LogP contribution in [0.3, 0.4) is 0 Å². The first-order chi connectivity index (χ1) is 7.04. The summed E-state index contributed by atoms with van der Waals surface area (Å²) in [6.07, 6.45) is 0.340. The number of non-ortho nitro benzene ring substituents is 1. The van der Waals surface area contributed by atoms with Crippen LogP contribution in [-0.2, 0) is 4.79 Å². The molecule has 3 N–H and O–H groups in total. The summed E-state index contributed by atoms with van der Waals surface area (Å²) in [5, 5.41) is 30.3. The number of amides is 1. The highest BCUT2D eigenvalue weighted by Gasteiger charge is 2.17. The monoisotopic (exact) mass is 210 g/mol. The third-order valence-electron chi connectivity index (χ3n) is 1.67. The number of hydrogen-bond donors (Lipinski definition) is 3. The fourth-order valence-electron chi connectivity index (χ4n) is 1.04. The molecule has 1 aromatic rings. The van der Waals surface area contributed by atoms with Gasteiger partial charge in [0.25, 0.3) is 5.69 Å². The molecule has 78 valence electrons. The predicted molar refractivity (Wildman–Crippen MR) is 52.6 cm³/mol. The van der Waals surface area contributed by atoms with Crippen LogP contribution in [-0.4, -0.2) is 28.5 Å². The summed E-state index contributed by atoms with van der Waals surface area (Å²) in [5.74, 6) is 0. The van der Waals surface area contributed by atoms with Crippen LogP contribution in [0.1, 0.15) is 0 Å². The van der Waals surface area contributed by atoms with E-state index in [0.717, 1.165) is 12.1 Å². The van der Waals surface area contributed by atoms with Crippen LogP contribution in [0.4, 0.5) is 11.4 Å². The van der Waals surface area contributed by atoms with Crippen molar-refractivity contribution in [1.29, 1.82) is 0 Å². The number of nitro benzene ring substituents is 1. The molecule has 0 heterocycles. The number of nitro groups is 1. The second-order valence-electron chi connectivity index (χ2n) is 2.71. The largest absolute Gasteiger partial charge is 0.488 e. The van der Waals surface area contributed by atoms with Crippen LogP contribution < -0.4 is 10.8 Å². The molecule has 15 heavy (non-hydrogen) atoms. The highest BCUT2D eigenvalue weighted by atomic mass is 16.6. The lowest BCUT2D eigenvalue weighted by atomic mass is 9.80. The quantitative estimate of drug-likeness (QED) is 0.251. The molecule has 8 heteroatoms. The molecular formula is C7H7BN2O5. The Morgan fingerprint density at radius 3 is 2.53 bits per heavy atom. The summed E-state index contributed by atoms with van der Waals surface area (Å²) in [6, 6.07) is 3.35.